The molecule has 0 fully saturated rings. The van der Waals surface area contributed by atoms with E-state index in [2.05, 4.69) is 49.3 Å². The third-order valence-electron chi connectivity index (χ3n) is 2.84. The van der Waals surface area contributed by atoms with E-state index in [9.17, 15) is 0 Å². The third kappa shape index (κ3) is 4.46. The van der Waals surface area contributed by atoms with E-state index in [4.69, 9.17) is 11.6 Å². The zero-order valence-corrected chi connectivity index (χ0v) is 16.0. The van der Waals surface area contributed by atoms with E-state index in [0.717, 1.165) is 26.5 Å². The molecule has 0 bridgehead atoms. The lowest BCUT2D eigenvalue weighted by atomic mass is 10.2. The molecule has 0 aliphatic carbocycles. The van der Waals surface area contributed by atoms with Crippen LogP contribution in [0.3, 0.4) is 0 Å². The van der Waals surface area contributed by atoms with Crippen molar-refractivity contribution in [2.75, 3.05) is 10.9 Å². The van der Waals surface area contributed by atoms with Gasteiger partial charge in [-0.1, -0.05) is 44.9 Å². The molecule has 0 saturated heterocycles. The lowest BCUT2D eigenvalue weighted by Crippen LogP contribution is -3.00. The van der Waals surface area contributed by atoms with Gasteiger partial charge in [-0.2, -0.15) is 5.43 Å². The molecular formula is C15H12Br2ClN3S. The minimum Gasteiger partial charge on any atom is -1.00 e. The van der Waals surface area contributed by atoms with Crippen LogP contribution in [-0.4, -0.2) is 0 Å². The first-order chi connectivity index (χ1) is 10.2. The molecule has 1 aromatic heterocycles. The van der Waals surface area contributed by atoms with Crippen LogP contribution in [0.25, 0.3) is 11.3 Å². The number of anilines is 2. The van der Waals surface area contributed by atoms with Gasteiger partial charge in [0, 0.05) is 20.4 Å². The van der Waals surface area contributed by atoms with Crippen molar-refractivity contribution in [3.05, 3.63) is 63.4 Å². The molecule has 0 atom stereocenters. The van der Waals surface area contributed by atoms with Crippen LogP contribution in [0.15, 0.2) is 58.4 Å². The maximum absolute atomic E-state index is 5.95. The number of benzene rings is 2. The average Bonchev–Trinajstić information content (AvgIpc) is 2.95. The molecule has 2 aromatic carbocycles. The molecule has 0 radical (unpaired) electrons. The summed E-state index contributed by atoms with van der Waals surface area (Å²) in [4.78, 5) is 3.33. The largest absolute Gasteiger partial charge is 1.00 e. The Morgan fingerprint density at radius 3 is 2.55 bits per heavy atom. The van der Waals surface area contributed by atoms with E-state index < -0.39 is 0 Å². The van der Waals surface area contributed by atoms with Gasteiger partial charge in [0.25, 0.3) is 0 Å². The molecule has 1 heterocycles. The highest BCUT2D eigenvalue weighted by Crippen LogP contribution is 2.23. The quantitative estimate of drug-likeness (QED) is 0.584. The van der Waals surface area contributed by atoms with Crippen LogP contribution >= 0.6 is 38.9 Å². The van der Waals surface area contributed by atoms with Crippen LogP contribution in [0.4, 0.5) is 10.8 Å². The standard InChI is InChI=1S/C15H11BrClN3S.BrH/c16-11-6-4-10(5-7-11)14-9-21-15(18-14)20-19-13-3-1-2-12(17)8-13;/h1-9,19H,(H,18,20);1H. The Morgan fingerprint density at radius 2 is 1.82 bits per heavy atom. The van der Waals surface area contributed by atoms with Crippen molar-refractivity contribution >= 4 is 49.7 Å². The van der Waals surface area contributed by atoms with Crippen LogP contribution in [0, 0.1) is 0 Å². The molecule has 0 unspecified atom stereocenters. The lowest BCUT2D eigenvalue weighted by molar-refractivity contribution is -0.341. The van der Waals surface area contributed by atoms with Gasteiger partial charge in [0.15, 0.2) is 0 Å². The molecule has 3 nitrogen and oxygen atoms in total. The molecule has 0 spiro atoms. The fourth-order valence-electron chi connectivity index (χ4n) is 1.82. The van der Waals surface area contributed by atoms with Crippen LogP contribution in [-0.2, 0) is 0 Å². The number of rotatable bonds is 4. The fraction of sp³-hybridized carbons (Fsp3) is 0. The second-order valence-electron chi connectivity index (χ2n) is 4.37. The predicted octanol–water partition coefficient (Wildman–Crippen LogP) is 2.09. The first kappa shape index (κ1) is 17.3. The van der Waals surface area contributed by atoms with Gasteiger partial charge in [0.05, 0.1) is 5.69 Å². The van der Waals surface area contributed by atoms with Crippen molar-refractivity contribution in [1.29, 1.82) is 0 Å². The molecule has 0 aliphatic rings. The number of hydrogen-bond donors (Lipinski definition) is 2. The Bertz CT molecular complexity index is 747. The van der Waals surface area contributed by atoms with Crippen LogP contribution in [0.1, 0.15) is 0 Å². The molecule has 7 heteroatoms. The summed E-state index contributed by atoms with van der Waals surface area (Å²) in [5, 5.41) is 3.70. The molecule has 0 aliphatic heterocycles. The number of aromatic amines is 1. The summed E-state index contributed by atoms with van der Waals surface area (Å²) >= 11 is 11.0. The van der Waals surface area contributed by atoms with Crippen molar-refractivity contribution in [2.45, 2.75) is 0 Å². The number of nitrogens with one attached hydrogen (secondary N) is 3. The summed E-state index contributed by atoms with van der Waals surface area (Å²) in [7, 11) is 0. The summed E-state index contributed by atoms with van der Waals surface area (Å²) < 4.78 is 1.07. The minimum atomic E-state index is 0. The van der Waals surface area contributed by atoms with Gasteiger partial charge < -0.3 is 17.0 Å². The highest BCUT2D eigenvalue weighted by molar-refractivity contribution is 9.10. The first-order valence-electron chi connectivity index (χ1n) is 6.25. The van der Waals surface area contributed by atoms with Gasteiger partial charge in [-0.05, 0) is 42.5 Å². The Kier molecular flexibility index (Phi) is 6.26. The van der Waals surface area contributed by atoms with E-state index in [0.29, 0.717) is 5.02 Å². The molecule has 0 saturated carbocycles. The second-order valence-corrected chi connectivity index (χ2v) is 6.60. The molecule has 3 rings (SSSR count). The zero-order chi connectivity index (χ0) is 14.7. The number of hydrazine groups is 1. The Labute approximate surface area is 156 Å². The van der Waals surface area contributed by atoms with Gasteiger partial charge in [-0.15, -0.1) is 0 Å². The van der Waals surface area contributed by atoms with Gasteiger partial charge in [-0.25, -0.2) is 10.4 Å². The number of thiazole rings is 1. The fourth-order valence-corrected chi connectivity index (χ4v) is 2.99. The van der Waals surface area contributed by atoms with Crippen molar-refractivity contribution < 1.29 is 22.0 Å². The number of aromatic nitrogens is 1. The van der Waals surface area contributed by atoms with E-state index in [1.54, 1.807) is 11.3 Å². The van der Waals surface area contributed by atoms with Gasteiger partial charge in [0.1, 0.15) is 5.69 Å². The topological polar surface area (TPSA) is 38.2 Å². The zero-order valence-electron chi connectivity index (χ0n) is 11.2. The van der Waals surface area contributed by atoms with Crippen molar-refractivity contribution in [2.24, 2.45) is 0 Å². The van der Waals surface area contributed by atoms with Crippen molar-refractivity contribution in [3.63, 3.8) is 0 Å². The van der Waals surface area contributed by atoms with E-state index in [1.807, 2.05) is 36.4 Å². The predicted molar refractivity (Wildman–Crippen MR) is 92.7 cm³/mol. The Balaban J connectivity index is 0.00000176. The Hall–Kier alpha value is -1.08. The number of halogens is 3. The van der Waals surface area contributed by atoms with Crippen LogP contribution < -0.4 is 32.8 Å². The molecule has 3 N–H and O–H groups in total. The third-order valence-corrected chi connectivity index (χ3v) is 4.40. The van der Waals surface area contributed by atoms with Crippen molar-refractivity contribution in [3.8, 4) is 11.3 Å². The summed E-state index contributed by atoms with van der Waals surface area (Å²) in [5.41, 5.74) is 9.38. The second kappa shape index (κ2) is 7.97. The van der Waals surface area contributed by atoms with Crippen LogP contribution in [0.2, 0.25) is 5.02 Å². The molecule has 114 valence electrons. The minimum absolute atomic E-state index is 0. The normalized spacial score (nSPS) is 9.91. The summed E-state index contributed by atoms with van der Waals surface area (Å²) in [5.74, 6) is 0. The average molecular weight is 462 g/mol. The molecule has 3 aromatic rings. The highest BCUT2D eigenvalue weighted by atomic mass is 79.9. The molecule has 0 amide bonds. The maximum atomic E-state index is 5.95. The number of H-pyrrole nitrogens is 1. The van der Waals surface area contributed by atoms with Crippen LogP contribution in [0.5, 0.6) is 0 Å². The first-order valence-corrected chi connectivity index (χ1v) is 8.30. The maximum Gasteiger partial charge on any atom is 0.355 e. The molecular weight excluding hydrogens is 450 g/mol. The SMILES string of the molecule is Clc1cccc(NNc2[nH+]c(-c3ccc(Br)cc3)cs2)c1.[Br-]. The molecule has 22 heavy (non-hydrogen) atoms. The van der Waals surface area contributed by atoms with E-state index in [1.165, 1.54) is 0 Å². The van der Waals surface area contributed by atoms with Gasteiger partial charge >= 0.3 is 5.13 Å². The lowest BCUT2D eigenvalue weighted by Gasteiger charge is -2.01. The smallest absolute Gasteiger partial charge is 0.355 e. The van der Waals surface area contributed by atoms with Crippen molar-refractivity contribution in [1.82, 2.24) is 0 Å². The van der Waals surface area contributed by atoms with E-state index >= 15 is 0 Å². The summed E-state index contributed by atoms with van der Waals surface area (Å²) in [6.45, 7) is 0. The monoisotopic (exact) mass is 459 g/mol. The van der Waals surface area contributed by atoms with E-state index in [-0.39, 0.29) is 17.0 Å². The summed E-state index contributed by atoms with van der Waals surface area (Å²) in [6, 6.07) is 15.7. The van der Waals surface area contributed by atoms with Gasteiger partial charge in [0.2, 0.25) is 0 Å². The number of hydrogen-bond acceptors (Lipinski definition) is 3. The Morgan fingerprint density at radius 1 is 1.05 bits per heavy atom. The van der Waals surface area contributed by atoms with Gasteiger partial charge in [-0.3, -0.25) is 0 Å². The summed E-state index contributed by atoms with van der Waals surface area (Å²) in [6.07, 6.45) is 0. The highest BCUT2D eigenvalue weighted by Gasteiger charge is 2.09.